The van der Waals surface area contributed by atoms with Crippen LogP contribution in [0.25, 0.3) is 0 Å². The van der Waals surface area contributed by atoms with Crippen LogP contribution in [0.15, 0.2) is 27.4 Å². The number of ether oxygens (including phenoxy) is 1. The lowest BCUT2D eigenvalue weighted by atomic mass is 10.3. The second kappa shape index (κ2) is 15.3. The monoisotopic (exact) mass is 562 g/mol. The quantitative estimate of drug-likeness (QED) is 0.154. The topological polar surface area (TPSA) is 255 Å². The highest BCUT2D eigenvalue weighted by atomic mass is 16.5. The van der Waals surface area contributed by atoms with Crippen LogP contribution in [0.3, 0.4) is 0 Å². The Morgan fingerprint density at radius 3 is 1.57 bits per heavy atom. The molecular formula is C22H30N10O8. The van der Waals surface area contributed by atoms with Crippen molar-refractivity contribution in [2.24, 2.45) is 15.0 Å². The summed E-state index contributed by atoms with van der Waals surface area (Å²) in [4.78, 5) is 89.9. The van der Waals surface area contributed by atoms with E-state index in [1.807, 2.05) is 6.92 Å². The van der Waals surface area contributed by atoms with Crippen LogP contribution in [0, 0.1) is 6.92 Å². The number of rotatable bonds is 1. The normalized spacial score (nSPS) is 18.1. The predicted octanol–water partition coefficient (Wildman–Crippen LogP) is -2.68. The van der Waals surface area contributed by atoms with Gasteiger partial charge in [-0.3, -0.25) is 38.6 Å². The SMILES string of the molecule is CC1=NC(=O)C(=O)N1.CC1=NC(=O)CC(=O)N1.CC1=NCC(=O)N1.COC1(C)NC(=O)C(=O)N1.Cc1ncc[nH]1. The first-order valence-electron chi connectivity index (χ1n) is 11.4. The van der Waals surface area contributed by atoms with Gasteiger partial charge in [-0.2, -0.15) is 9.98 Å². The number of aromatic amines is 1. The summed E-state index contributed by atoms with van der Waals surface area (Å²) in [6, 6.07) is 0. The molecule has 0 atom stereocenters. The van der Waals surface area contributed by atoms with Gasteiger partial charge in [0.2, 0.25) is 17.7 Å². The molecule has 0 aromatic carbocycles. The molecule has 6 N–H and O–H groups in total. The molecular weight excluding hydrogens is 532 g/mol. The first kappa shape index (κ1) is 32.9. The van der Waals surface area contributed by atoms with Crippen LogP contribution >= 0.6 is 0 Å². The number of imidazole rings is 1. The Bertz CT molecular complexity index is 1230. The molecule has 0 unspecified atom stereocenters. The van der Waals surface area contributed by atoms with E-state index in [-0.39, 0.29) is 24.1 Å². The molecule has 7 amide bonds. The van der Waals surface area contributed by atoms with Crippen molar-refractivity contribution in [1.29, 1.82) is 0 Å². The Hall–Kier alpha value is -5.13. The number of amides is 7. The van der Waals surface area contributed by atoms with E-state index in [1.54, 1.807) is 40.1 Å². The van der Waals surface area contributed by atoms with Crippen LogP contribution in [-0.4, -0.2) is 88.3 Å². The Morgan fingerprint density at radius 1 is 0.775 bits per heavy atom. The van der Waals surface area contributed by atoms with E-state index in [1.165, 1.54) is 7.11 Å². The van der Waals surface area contributed by atoms with Crippen LogP contribution in [0.5, 0.6) is 0 Å². The van der Waals surface area contributed by atoms with E-state index in [4.69, 9.17) is 4.74 Å². The molecule has 5 heterocycles. The highest BCUT2D eigenvalue weighted by molar-refractivity contribution is 6.43. The third kappa shape index (κ3) is 12.4. The molecule has 18 nitrogen and oxygen atoms in total. The largest absolute Gasteiger partial charge is 0.349 e. The van der Waals surface area contributed by atoms with Crippen molar-refractivity contribution in [3.63, 3.8) is 0 Å². The fraction of sp³-hybridized carbons (Fsp3) is 0.409. The average molecular weight is 563 g/mol. The number of hydrogen-bond acceptors (Lipinski definition) is 10. The van der Waals surface area contributed by atoms with Crippen molar-refractivity contribution >= 4 is 58.9 Å². The molecule has 5 rings (SSSR count). The van der Waals surface area contributed by atoms with Gasteiger partial charge in [-0.15, -0.1) is 0 Å². The number of carbonyl (C=O) groups is 7. The minimum absolute atomic E-state index is 0.00231. The van der Waals surface area contributed by atoms with Gasteiger partial charge >= 0.3 is 23.6 Å². The van der Waals surface area contributed by atoms with Crippen molar-refractivity contribution in [2.45, 2.75) is 46.9 Å². The first-order valence-corrected chi connectivity index (χ1v) is 11.4. The molecule has 0 aliphatic carbocycles. The molecule has 40 heavy (non-hydrogen) atoms. The second-order valence-electron chi connectivity index (χ2n) is 8.04. The number of carbonyl (C=O) groups excluding carboxylic acids is 7. The van der Waals surface area contributed by atoms with Gasteiger partial charge in [-0.25, -0.2) is 4.98 Å². The summed E-state index contributed by atoms with van der Waals surface area (Å²) in [5, 5.41) is 11.8. The van der Waals surface area contributed by atoms with Gasteiger partial charge in [-0.05, 0) is 27.7 Å². The van der Waals surface area contributed by atoms with Gasteiger partial charge in [0, 0.05) is 26.4 Å². The molecule has 4 aliphatic heterocycles. The summed E-state index contributed by atoms with van der Waals surface area (Å²) in [6.45, 7) is 8.68. The fourth-order valence-electron chi connectivity index (χ4n) is 2.58. The fourth-order valence-corrected chi connectivity index (χ4v) is 2.58. The molecule has 0 radical (unpaired) electrons. The Labute approximate surface area is 227 Å². The maximum atomic E-state index is 10.5. The van der Waals surface area contributed by atoms with Crippen molar-refractivity contribution < 1.29 is 38.3 Å². The minimum atomic E-state index is -1.02. The molecule has 1 aromatic rings. The third-order valence-electron chi connectivity index (χ3n) is 4.42. The van der Waals surface area contributed by atoms with Crippen LogP contribution in [-0.2, 0) is 38.3 Å². The Morgan fingerprint density at radius 2 is 1.35 bits per heavy atom. The predicted molar refractivity (Wildman–Crippen MR) is 138 cm³/mol. The van der Waals surface area contributed by atoms with E-state index in [2.05, 4.69) is 51.5 Å². The number of nitrogens with zero attached hydrogens (tertiary/aromatic N) is 4. The van der Waals surface area contributed by atoms with E-state index in [0.717, 1.165) is 11.7 Å². The highest BCUT2D eigenvalue weighted by Gasteiger charge is 2.38. The zero-order valence-corrected chi connectivity index (χ0v) is 22.6. The number of aryl methyl sites for hydroxylation is 1. The summed E-state index contributed by atoms with van der Waals surface area (Å²) in [5.74, 6) is -1.87. The van der Waals surface area contributed by atoms with Crippen molar-refractivity contribution in [1.82, 2.24) is 36.6 Å². The summed E-state index contributed by atoms with van der Waals surface area (Å²) < 4.78 is 4.78. The van der Waals surface area contributed by atoms with E-state index in [0.29, 0.717) is 18.2 Å². The van der Waals surface area contributed by atoms with Gasteiger partial charge in [0.25, 0.3) is 5.91 Å². The van der Waals surface area contributed by atoms with Gasteiger partial charge in [-0.1, -0.05) is 0 Å². The smallest absolute Gasteiger partial charge is 0.337 e. The van der Waals surface area contributed by atoms with Crippen molar-refractivity contribution in [3.8, 4) is 0 Å². The van der Waals surface area contributed by atoms with E-state index < -0.39 is 29.5 Å². The molecule has 0 saturated carbocycles. The van der Waals surface area contributed by atoms with Crippen molar-refractivity contribution in [3.05, 3.63) is 18.2 Å². The van der Waals surface area contributed by atoms with E-state index in [9.17, 15) is 33.6 Å². The summed E-state index contributed by atoms with van der Waals surface area (Å²) in [6.07, 6.45) is 3.42. The zero-order valence-electron chi connectivity index (χ0n) is 22.6. The van der Waals surface area contributed by atoms with Crippen LogP contribution in [0.2, 0.25) is 0 Å². The molecule has 18 heteroatoms. The molecule has 1 fully saturated rings. The summed E-state index contributed by atoms with van der Waals surface area (Å²) >= 11 is 0. The van der Waals surface area contributed by atoms with Gasteiger partial charge in [0.15, 0.2) is 0 Å². The number of aliphatic imine (C=N–C) groups is 3. The molecule has 0 spiro atoms. The lowest BCUT2D eigenvalue weighted by Crippen LogP contribution is -2.48. The van der Waals surface area contributed by atoms with Crippen LogP contribution < -0.4 is 26.6 Å². The first-order chi connectivity index (χ1) is 18.6. The van der Waals surface area contributed by atoms with Crippen molar-refractivity contribution in [2.75, 3.05) is 13.7 Å². The van der Waals surface area contributed by atoms with E-state index >= 15 is 0 Å². The lowest BCUT2D eigenvalue weighted by molar-refractivity contribution is -0.135. The van der Waals surface area contributed by atoms with Crippen LogP contribution in [0.1, 0.15) is 39.9 Å². The zero-order chi connectivity index (χ0) is 30.5. The average Bonchev–Trinajstić information content (AvgIpc) is 3.60. The number of H-pyrrole nitrogens is 1. The van der Waals surface area contributed by atoms with Gasteiger partial charge < -0.3 is 36.3 Å². The highest BCUT2D eigenvalue weighted by Crippen LogP contribution is 2.04. The maximum Gasteiger partial charge on any atom is 0.337 e. The van der Waals surface area contributed by atoms with Gasteiger partial charge in [0.05, 0.1) is 0 Å². The molecule has 0 bridgehead atoms. The number of nitrogens with one attached hydrogen (secondary N) is 6. The molecule has 1 saturated heterocycles. The van der Waals surface area contributed by atoms with Gasteiger partial charge in [0.1, 0.15) is 36.3 Å². The summed E-state index contributed by atoms with van der Waals surface area (Å²) in [7, 11) is 1.39. The summed E-state index contributed by atoms with van der Waals surface area (Å²) in [5.41, 5.74) is 0. The molecule has 4 aliphatic rings. The number of hydrogen-bond donors (Lipinski definition) is 6. The Kier molecular flexibility index (Phi) is 12.6. The minimum Gasteiger partial charge on any atom is -0.349 e. The number of methoxy groups -OCH3 is 1. The number of amidine groups is 3. The molecule has 216 valence electrons. The third-order valence-corrected chi connectivity index (χ3v) is 4.42. The standard InChI is InChI=1S/C5H8N2O3.C5H6N2O2.C4H4N2O2.C4H6N2O.C4H6N2/c1-5(10-2)6-3(8)4(9)7-5;1-3-6-4(8)2-5(9)7-3;1-2-5-3(7)4(8)6-2;1-3-5-2-4(7)6-3;1-4-5-2-3-6-4/h1-2H3,(H,6,8)(H,7,9);2H2,1H3,(H,6,7,8,9);1H3,(H,5,6,7,8);2H2,1H3,(H,5,6,7);2-3H,1H3,(H,5,6). The second-order valence-corrected chi connectivity index (χ2v) is 8.04. The van der Waals surface area contributed by atoms with Crippen LogP contribution in [0.4, 0.5) is 0 Å². The Balaban J connectivity index is 0.000000252. The lowest BCUT2D eigenvalue weighted by Gasteiger charge is -2.20. The number of aromatic nitrogens is 2. The maximum absolute atomic E-state index is 10.5. The molecule has 1 aromatic heterocycles.